The fraction of sp³-hybridized carbons (Fsp3) is 0.364. The Balaban J connectivity index is 0.00000196. The van der Waals surface area contributed by atoms with Gasteiger partial charge in [-0.1, -0.05) is 11.6 Å². The third kappa shape index (κ3) is 3.73. The maximum Gasteiger partial charge on any atom is 0.128 e. The molecule has 0 bridgehead atoms. The lowest BCUT2D eigenvalue weighted by Crippen LogP contribution is -2.30. The van der Waals surface area contributed by atoms with Crippen molar-refractivity contribution in [2.45, 2.75) is 13.8 Å². The minimum atomic E-state index is 0. The Morgan fingerprint density at radius 1 is 1.20 bits per heavy atom. The highest BCUT2D eigenvalue weighted by Crippen LogP contribution is 2.11. The Morgan fingerprint density at radius 3 is 2.07 bits per heavy atom. The van der Waals surface area contributed by atoms with E-state index in [0.29, 0.717) is 10.9 Å². The van der Waals surface area contributed by atoms with E-state index in [1.165, 1.54) is 0 Å². The molecule has 1 N–H and O–H groups in total. The predicted molar refractivity (Wildman–Crippen MR) is 68.4 cm³/mol. The number of benzene rings is 1. The van der Waals surface area contributed by atoms with Crippen LogP contribution in [0.2, 0.25) is 5.02 Å². The summed E-state index contributed by atoms with van der Waals surface area (Å²) in [6, 6.07) is 7.38. The van der Waals surface area contributed by atoms with Crippen molar-refractivity contribution in [2.24, 2.45) is 0 Å². The van der Waals surface area contributed by atoms with Crippen LogP contribution in [0.25, 0.3) is 0 Å². The minimum Gasteiger partial charge on any atom is -0.357 e. The molecule has 0 spiro atoms. The first kappa shape index (κ1) is 14.3. The van der Waals surface area contributed by atoms with Crippen molar-refractivity contribution >= 4 is 29.8 Å². The van der Waals surface area contributed by atoms with E-state index in [1.807, 2.05) is 43.0 Å². The Morgan fingerprint density at radius 2 is 1.67 bits per heavy atom. The third-order valence-corrected chi connectivity index (χ3v) is 2.45. The number of hydrogen-bond acceptors (Lipinski definition) is 1. The SMILES string of the molecule is CCN(CC)C(=N)c1ccc(Cl)cc1.Cl. The van der Waals surface area contributed by atoms with Crippen LogP contribution in [0.5, 0.6) is 0 Å². The molecule has 0 saturated heterocycles. The smallest absolute Gasteiger partial charge is 0.128 e. The molecule has 1 aromatic rings. The van der Waals surface area contributed by atoms with Gasteiger partial charge in [-0.25, -0.2) is 0 Å². The van der Waals surface area contributed by atoms with Crippen molar-refractivity contribution in [1.82, 2.24) is 4.90 Å². The van der Waals surface area contributed by atoms with Crippen LogP contribution in [0, 0.1) is 5.41 Å². The Hall–Kier alpha value is -0.730. The largest absolute Gasteiger partial charge is 0.357 e. The molecular formula is C11H16Cl2N2. The molecule has 0 aliphatic rings. The first-order valence-corrected chi connectivity index (χ1v) is 5.16. The van der Waals surface area contributed by atoms with E-state index in [2.05, 4.69) is 0 Å². The van der Waals surface area contributed by atoms with E-state index in [0.717, 1.165) is 18.7 Å². The summed E-state index contributed by atoms with van der Waals surface area (Å²) in [6.45, 7) is 5.82. The average molecular weight is 247 g/mol. The lowest BCUT2D eigenvalue weighted by Gasteiger charge is -2.21. The van der Waals surface area contributed by atoms with E-state index in [-0.39, 0.29) is 12.4 Å². The number of nitrogens with zero attached hydrogens (tertiary/aromatic N) is 1. The van der Waals surface area contributed by atoms with Crippen LogP contribution in [0.1, 0.15) is 19.4 Å². The summed E-state index contributed by atoms with van der Waals surface area (Å²) in [4.78, 5) is 2.00. The van der Waals surface area contributed by atoms with Crippen LogP contribution in [-0.4, -0.2) is 23.8 Å². The fourth-order valence-corrected chi connectivity index (χ4v) is 1.46. The zero-order valence-corrected chi connectivity index (χ0v) is 10.5. The van der Waals surface area contributed by atoms with Crippen molar-refractivity contribution in [3.63, 3.8) is 0 Å². The summed E-state index contributed by atoms with van der Waals surface area (Å²) < 4.78 is 0. The van der Waals surface area contributed by atoms with Gasteiger partial charge in [0.25, 0.3) is 0 Å². The van der Waals surface area contributed by atoms with Gasteiger partial charge in [0, 0.05) is 23.7 Å². The normalized spacial score (nSPS) is 9.27. The van der Waals surface area contributed by atoms with Crippen LogP contribution in [0.4, 0.5) is 0 Å². The molecule has 0 atom stereocenters. The van der Waals surface area contributed by atoms with Gasteiger partial charge in [-0.15, -0.1) is 12.4 Å². The number of hydrogen-bond donors (Lipinski definition) is 1. The van der Waals surface area contributed by atoms with E-state index in [9.17, 15) is 0 Å². The quantitative estimate of drug-likeness (QED) is 0.643. The third-order valence-electron chi connectivity index (χ3n) is 2.20. The summed E-state index contributed by atoms with van der Waals surface area (Å²) >= 11 is 5.78. The molecule has 0 heterocycles. The van der Waals surface area contributed by atoms with E-state index in [4.69, 9.17) is 17.0 Å². The monoisotopic (exact) mass is 246 g/mol. The number of nitrogens with one attached hydrogen (secondary N) is 1. The lowest BCUT2D eigenvalue weighted by atomic mass is 10.2. The predicted octanol–water partition coefficient (Wildman–Crippen LogP) is 3.43. The van der Waals surface area contributed by atoms with Crippen LogP contribution in [0.3, 0.4) is 0 Å². The lowest BCUT2D eigenvalue weighted by molar-refractivity contribution is 0.463. The second-order valence-electron chi connectivity index (χ2n) is 3.03. The molecule has 84 valence electrons. The first-order valence-electron chi connectivity index (χ1n) is 4.78. The van der Waals surface area contributed by atoms with Gasteiger partial charge in [0.2, 0.25) is 0 Å². The van der Waals surface area contributed by atoms with Gasteiger partial charge in [-0.3, -0.25) is 5.41 Å². The van der Waals surface area contributed by atoms with E-state index < -0.39 is 0 Å². The molecule has 0 aliphatic heterocycles. The zero-order valence-electron chi connectivity index (χ0n) is 8.96. The molecular weight excluding hydrogens is 231 g/mol. The molecule has 0 aromatic heterocycles. The fourth-order valence-electron chi connectivity index (χ4n) is 1.33. The molecule has 1 aromatic carbocycles. The summed E-state index contributed by atoms with van der Waals surface area (Å²) in [5.74, 6) is 0.562. The Bertz CT molecular complexity index is 305. The standard InChI is InChI=1S/C11H15ClN2.ClH/c1-3-14(4-2)11(13)9-5-7-10(12)8-6-9;/h5-8,13H,3-4H2,1-2H3;1H. The summed E-state index contributed by atoms with van der Waals surface area (Å²) in [7, 11) is 0. The number of halogens is 2. The molecule has 0 amide bonds. The first-order chi connectivity index (χ1) is 6.69. The van der Waals surface area contributed by atoms with Gasteiger partial charge >= 0.3 is 0 Å². The van der Waals surface area contributed by atoms with Crippen LogP contribution in [0.15, 0.2) is 24.3 Å². The van der Waals surface area contributed by atoms with Crippen molar-refractivity contribution in [1.29, 1.82) is 5.41 Å². The highest BCUT2D eigenvalue weighted by atomic mass is 35.5. The zero-order chi connectivity index (χ0) is 10.6. The van der Waals surface area contributed by atoms with Gasteiger partial charge in [0.05, 0.1) is 0 Å². The van der Waals surface area contributed by atoms with Gasteiger partial charge in [0.15, 0.2) is 0 Å². The highest BCUT2D eigenvalue weighted by Gasteiger charge is 2.07. The minimum absolute atomic E-state index is 0. The van der Waals surface area contributed by atoms with Crippen molar-refractivity contribution in [3.8, 4) is 0 Å². The van der Waals surface area contributed by atoms with Crippen molar-refractivity contribution in [2.75, 3.05) is 13.1 Å². The molecule has 1 rings (SSSR count). The molecule has 4 heteroatoms. The van der Waals surface area contributed by atoms with Crippen LogP contribution >= 0.6 is 24.0 Å². The highest BCUT2D eigenvalue weighted by molar-refractivity contribution is 6.30. The summed E-state index contributed by atoms with van der Waals surface area (Å²) in [5.41, 5.74) is 0.915. The molecule has 15 heavy (non-hydrogen) atoms. The maximum absolute atomic E-state index is 7.94. The molecule has 0 radical (unpaired) electrons. The topological polar surface area (TPSA) is 27.1 Å². The number of amidine groups is 1. The second kappa shape index (κ2) is 6.70. The van der Waals surface area contributed by atoms with Gasteiger partial charge in [-0.2, -0.15) is 0 Å². The average Bonchev–Trinajstić information content (AvgIpc) is 2.20. The second-order valence-corrected chi connectivity index (χ2v) is 3.46. The van der Waals surface area contributed by atoms with Gasteiger partial charge in [0.1, 0.15) is 5.84 Å². The van der Waals surface area contributed by atoms with Crippen LogP contribution in [-0.2, 0) is 0 Å². The maximum atomic E-state index is 7.94. The van der Waals surface area contributed by atoms with Crippen molar-refractivity contribution < 1.29 is 0 Å². The Labute approximate surface area is 102 Å². The Kier molecular flexibility index (Phi) is 6.37. The van der Waals surface area contributed by atoms with Gasteiger partial charge in [-0.05, 0) is 38.1 Å². The van der Waals surface area contributed by atoms with Gasteiger partial charge < -0.3 is 4.90 Å². The van der Waals surface area contributed by atoms with Crippen LogP contribution < -0.4 is 0 Å². The summed E-state index contributed by atoms with van der Waals surface area (Å²) in [6.07, 6.45) is 0. The molecule has 2 nitrogen and oxygen atoms in total. The molecule has 0 fully saturated rings. The molecule has 0 aliphatic carbocycles. The molecule has 0 unspecified atom stereocenters. The van der Waals surface area contributed by atoms with E-state index >= 15 is 0 Å². The van der Waals surface area contributed by atoms with E-state index in [1.54, 1.807) is 0 Å². The molecule has 0 saturated carbocycles. The number of rotatable bonds is 3. The van der Waals surface area contributed by atoms with Crippen molar-refractivity contribution in [3.05, 3.63) is 34.9 Å². The summed E-state index contributed by atoms with van der Waals surface area (Å²) in [5, 5.41) is 8.65.